The molecule has 130 valence electrons. The lowest BCUT2D eigenvalue weighted by molar-refractivity contribution is 0.575. The van der Waals surface area contributed by atoms with Gasteiger partial charge in [0.05, 0.1) is 6.04 Å². The summed E-state index contributed by atoms with van der Waals surface area (Å²) < 4.78 is 2.52. The Labute approximate surface area is 154 Å². The zero-order chi connectivity index (χ0) is 18.3. The van der Waals surface area contributed by atoms with Gasteiger partial charge in [-0.15, -0.1) is 11.3 Å². The lowest BCUT2D eigenvalue weighted by Gasteiger charge is -2.19. The lowest BCUT2D eigenvalue weighted by Crippen LogP contribution is -2.31. The first kappa shape index (κ1) is 16.7. The molecule has 0 amide bonds. The third kappa shape index (κ3) is 2.56. The smallest absolute Gasteiger partial charge is 0.266 e. The number of benzene rings is 2. The summed E-state index contributed by atoms with van der Waals surface area (Å²) in [5.41, 5.74) is 0.529. The van der Waals surface area contributed by atoms with Gasteiger partial charge in [0.2, 0.25) is 5.43 Å². The van der Waals surface area contributed by atoms with E-state index in [0.29, 0.717) is 22.5 Å². The Morgan fingerprint density at radius 2 is 1.73 bits per heavy atom. The van der Waals surface area contributed by atoms with Gasteiger partial charge in [-0.1, -0.05) is 49.4 Å². The molecular formula is C21H18N2O2S. The molecule has 0 spiro atoms. The summed E-state index contributed by atoms with van der Waals surface area (Å²) in [6, 6.07) is 17.0. The van der Waals surface area contributed by atoms with Crippen LogP contribution in [0.3, 0.4) is 0 Å². The van der Waals surface area contributed by atoms with Crippen molar-refractivity contribution in [1.82, 2.24) is 9.55 Å². The third-order valence-corrected chi connectivity index (χ3v) is 5.77. The molecule has 1 atom stereocenters. The van der Waals surface area contributed by atoms with Gasteiger partial charge in [0.15, 0.2) is 0 Å². The van der Waals surface area contributed by atoms with Crippen molar-refractivity contribution in [2.75, 3.05) is 0 Å². The van der Waals surface area contributed by atoms with E-state index in [1.165, 1.54) is 11.3 Å². The van der Waals surface area contributed by atoms with E-state index in [4.69, 9.17) is 4.98 Å². The molecule has 2 heterocycles. The van der Waals surface area contributed by atoms with Crippen LogP contribution in [0.4, 0.5) is 0 Å². The number of hydrogen-bond acceptors (Lipinski definition) is 4. The van der Waals surface area contributed by atoms with E-state index in [1.54, 1.807) is 10.6 Å². The fourth-order valence-corrected chi connectivity index (χ4v) is 4.39. The van der Waals surface area contributed by atoms with Gasteiger partial charge >= 0.3 is 0 Å². The zero-order valence-electron chi connectivity index (χ0n) is 14.6. The average Bonchev–Trinajstić information content (AvgIpc) is 2.68. The third-order valence-electron chi connectivity index (χ3n) is 4.71. The minimum atomic E-state index is -0.254. The first-order valence-electron chi connectivity index (χ1n) is 8.63. The van der Waals surface area contributed by atoms with E-state index in [0.717, 1.165) is 10.3 Å². The Hall–Kier alpha value is -2.79. The van der Waals surface area contributed by atoms with Crippen molar-refractivity contribution >= 4 is 31.6 Å². The second-order valence-electron chi connectivity index (χ2n) is 6.25. The second-order valence-corrected chi connectivity index (χ2v) is 7.28. The minimum Gasteiger partial charge on any atom is -0.289 e. The van der Waals surface area contributed by atoms with Gasteiger partial charge in [-0.25, -0.2) is 4.98 Å². The van der Waals surface area contributed by atoms with Crippen molar-refractivity contribution in [3.05, 3.63) is 86.6 Å². The number of nitrogens with zero attached hydrogens (tertiary/aromatic N) is 2. The number of aromatic nitrogens is 2. The maximum Gasteiger partial charge on any atom is 0.266 e. The SMILES string of the molecule is CCc1nc2sc3ccccc3c(=O)c2c(=O)n1[C@H](C)c1ccccc1. The summed E-state index contributed by atoms with van der Waals surface area (Å²) >= 11 is 1.40. The molecule has 0 aliphatic carbocycles. The van der Waals surface area contributed by atoms with E-state index in [2.05, 4.69) is 0 Å². The van der Waals surface area contributed by atoms with E-state index in [-0.39, 0.29) is 22.4 Å². The summed E-state index contributed by atoms with van der Waals surface area (Å²) in [6.45, 7) is 3.95. The quantitative estimate of drug-likeness (QED) is 0.515. The minimum absolute atomic E-state index is 0.188. The number of aryl methyl sites for hydroxylation is 1. The first-order valence-corrected chi connectivity index (χ1v) is 9.45. The predicted molar refractivity (Wildman–Crippen MR) is 107 cm³/mol. The van der Waals surface area contributed by atoms with Gasteiger partial charge in [0.1, 0.15) is 16.0 Å². The van der Waals surface area contributed by atoms with Crippen molar-refractivity contribution in [2.45, 2.75) is 26.3 Å². The van der Waals surface area contributed by atoms with E-state index in [1.807, 2.05) is 62.4 Å². The molecule has 0 bridgehead atoms. The predicted octanol–water partition coefficient (Wildman–Crippen LogP) is 4.14. The summed E-state index contributed by atoms with van der Waals surface area (Å²) in [7, 11) is 0. The molecule has 0 aliphatic rings. The van der Waals surface area contributed by atoms with Crippen molar-refractivity contribution < 1.29 is 0 Å². The Bertz CT molecular complexity index is 1230. The zero-order valence-corrected chi connectivity index (χ0v) is 15.4. The lowest BCUT2D eigenvalue weighted by atomic mass is 10.1. The molecule has 2 aromatic carbocycles. The van der Waals surface area contributed by atoms with Gasteiger partial charge in [0, 0.05) is 16.5 Å². The van der Waals surface area contributed by atoms with Crippen LogP contribution in [0.1, 0.15) is 31.3 Å². The molecule has 0 N–H and O–H groups in total. The average molecular weight is 362 g/mol. The van der Waals surface area contributed by atoms with Gasteiger partial charge in [0.25, 0.3) is 5.56 Å². The molecule has 0 saturated heterocycles. The van der Waals surface area contributed by atoms with Gasteiger partial charge < -0.3 is 0 Å². The van der Waals surface area contributed by atoms with Crippen LogP contribution in [0.15, 0.2) is 64.2 Å². The molecule has 5 heteroatoms. The maximum atomic E-state index is 13.3. The van der Waals surface area contributed by atoms with Crippen LogP contribution in [0.5, 0.6) is 0 Å². The molecule has 0 saturated carbocycles. The highest BCUT2D eigenvalue weighted by Gasteiger charge is 2.19. The summed E-state index contributed by atoms with van der Waals surface area (Å²) in [4.78, 5) is 31.5. The van der Waals surface area contributed by atoms with Crippen molar-refractivity contribution in [1.29, 1.82) is 0 Å². The topological polar surface area (TPSA) is 52.0 Å². The number of hydrogen-bond donors (Lipinski definition) is 0. The molecule has 2 aromatic heterocycles. The van der Waals surface area contributed by atoms with Gasteiger partial charge in [-0.2, -0.15) is 0 Å². The monoisotopic (exact) mass is 362 g/mol. The normalized spacial score (nSPS) is 12.5. The number of rotatable bonds is 3. The van der Waals surface area contributed by atoms with Crippen molar-refractivity contribution in [3.63, 3.8) is 0 Å². The molecule has 0 unspecified atom stereocenters. The summed E-state index contributed by atoms with van der Waals surface area (Å²) in [5.74, 6) is 0.699. The molecule has 26 heavy (non-hydrogen) atoms. The standard InChI is InChI=1S/C21H18N2O2S/c1-3-17-22-20-18(19(24)15-11-7-8-12-16(15)26-20)21(25)23(17)13(2)14-9-5-4-6-10-14/h4-13H,3H2,1-2H3/t13-/m1/s1. The Balaban J connectivity index is 2.09. The number of fused-ring (bicyclic) bond motifs is 2. The molecule has 4 rings (SSSR count). The van der Waals surface area contributed by atoms with Crippen LogP contribution in [0.25, 0.3) is 20.3 Å². The second kappa shape index (κ2) is 6.50. The van der Waals surface area contributed by atoms with Gasteiger partial charge in [-0.3, -0.25) is 14.2 Å². The highest BCUT2D eigenvalue weighted by Crippen LogP contribution is 2.24. The van der Waals surface area contributed by atoms with Crippen LogP contribution in [-0.2, 0) is 6.42 Å². The molecule has 0 aliphatic heterocycles. The van der Waals surface area contributed by atoms with Gasteiger partial charge in [-0.05, 0) is 24.6 Å². The molecule has 0 radical (unpaired) electrons. The van der Waals surface area contributed by atoms with Crippen LogP contribution < -0.4 is 11.0 Å². The van der Waals surface area contributed by atoms with Crippen LogP contribution in [-0.4, -0.2) is 9.55 Å². The Kier molecular flexibility index (Phi) is 4.17. The fourth-order valence-electron chi connectivity index (χ4n) is 3.34. The molecule has 4 aromatic rings. The summed E-state index contributed by atoms with van der Waals surface area (Å²) in [6.07, 6.45) is 0.621. The highest BCUT2D eigenvalue weighted by molar-refractivity contribution is 7.24. The van der Waals surface area contributed by atoms with Crippen LogP contribution >= 0.6 is 11.3 Å². The van der Waals surface area contributed by atoms with Crippen molar-refractivity contribution in [3.8, 4) is 0 Å². The fraction of sp³-hybridized carbons (Fsp3) is 0.190. The summed E-state index contributed by atoms with van der Waals surface area (Å²) in [5, 5.41) is 0.765. The van der Waals surface area contributed by atoms with E-state index >= 15 is 0 Å². The molecule has 4 nitrogen and oxygen atoms in total. The first-order chi connectivity index (χ1) is 12.6. The Morgan fingerprint density at radius 3 is 2.46 bits per heavy atom. The largest absolute Gasteiger partial charge is 0.289 e. The highest BCUT2D eigenvalue weighted by atomic mass is 32.1. The van der Waals surface area contributed by atoms with Crippen molar-refractivity contribution in [2.24, 2.45) is 0 Å². The maximum absolute atomic E-state index is 13.3. The van der Waals surface area contributed by atoms with Crippen LogP contribution in [0, 0.1) is 0 Å². The van der Waals surface area contributed by atoms with Crippen LogP contribution in [0.2, 0.25) is 0 Å². The molecular weight excluding hydrogens is 344 g/mol. The van der Waals surface area contributed by atoms with E-state index in [9.17, 15) is 9.59 Å². The molecule has 0 fully saturated rings. The Morgan fingerprint density at radius 1 is 1.04 bits per heavy atom. The van der Waals surface area contributed by atoms with E-state index < -0.39 is 0 Å².